The molecule has 0 fully saturated rings. The minimum absolute atomic E-state index is 0.597. The molecule has 0 aliphatic rings. The number of rotatable bonds is 2. The van der Waals surface area contributed by atoms with E-state index >= 15 is 0 Å². The van der Waals surface area contributed by atoms with Gasteiger partial charge in [-0.3, -0.25) is 0 Å². The predicted octanol–water partition coefficient (Wildman–Crippen LogP) is -2.43. The fourth-order valence-electron chi connectivity index (χ4n) is 0. The summed E-state index contributed by atoms with van der Waals surface area (Å²) in [5.41, 5.74) is 19.6. The summed E-state index contributed by atoms with van der Waals surface area (Å²) in [6, 6.07) is 0. The van der Waals surface area contributed by atoms with Gasteiger partial charge in [-0.25, -0.2) is 0 Å². The summed E-state index contributed by atoms with van der Waals surface area (Å²) in [4.78, 5) is 0. The molecule has 0 bridgehead atoms. The molecule has 0 atom stereocenters. The summed E-state index contributed by atoms with van der Waals surface area (Å²) in [5.74, 6) is 0. The Morgan fingerprint density at radius 3 is 0.818 bits per heavy atom. The quantitative estimate of drug-likeness (QED) is 0.441. The number of hydrogen-bond acceptors (Lipinski definition) is 6. The Morgan fingerprint density at radius 1 is 0.727 bits per heavy atom. The van der Waals surface area contributed by atoms with Crippen LogP contribution in [0.3, 0.4) is 0 Å². The van der Waals surface area contributed by atoms with Gasteiger partial charge in [-0.05, 0) is 0 Å². The Kier molecular flexibility index (Phi) is 50.4. The molecule has 8 N–H and O–H groups in total. The molecule has 71 valence electrons. The van der Waals surface area contributed by atoms with E-state index in [2.05, 4.69) is 0 Å². The second kappa shape index (κ2) is 32.2. The van der Waals surface area contributed by atoms with Gasteiger partial charge in [0.1, 0.15) is 0 Å². The first kappa shape index (κ1) is 17.3. The monoisotopic (exact) mass is 339 g/mol. The van der Waals surface area contributed by atoms with Gasteiger partial charge in [0, 0.05) is 26.2 Å². The van der Waals surface area contributed by atoms with Crippen molar-refractivity contribution in [2.24, 2.45) is 22.9 Å². The zero-order valence-electron chi connectivity index (χ0n) is 6.33. The van der Waals surface area contributed by atoms with Gasteiger partial charge in [-0.1, -0.05) is 0 Å². The van der Waals surface area contributed by atoms with E-state index < -0.39 is 17.9 Å². The molecule has 0 aromatic heterocycles. The Hall–Kier alpha value is 0.102. The van der Waals surface area contributed by atoms with Crippen LogP contribution in [0.5, 0.6) is 0 Å². The van der Waals surface area contributed by atoms with E-state index in [0.717, 1.165) is 0 Å². The van der Waals surface area contributed by atoms with Gasteiger partial charge in [-0.2, -0.15) is 0 Å². The van der Waals surface area contributed by atoms with Crippen molar-refractivity contribution >= 4 is 0 Å². The van der Waals surface area contributed by atoms with Gasteiger partial charge < -0.3 is 22.9 Å². The molecule has 0 spiro atoms. The molecule has 0 rings (SSSR count). The zero-order valence-corrected chi connectivity index (χ0v) is 9.05. The fourth-order valence-corrected chi connectivity index (χ4v) is 0. The molecule has 0 heterocycles. The fraction of sp³-hybridized carbons (Fsp3) is 1.00. The Labute approximate surface area is 74.4 Å². The second-order valence-corrected chi connectivity index (χ2v) is 1.67. The van der Waals surface area contributed by atoms with Crippen molar-refractivity contribution in [3.8, 4) is 0 Å². The van der Waals surface area contributed by atoms with Crippen LogP contribution in [0.15, 0.2) is 0 Å². The molecule has 0 aliphatic heterocycles. The van der Waals surface area contributed by atoms with Gasteiger partial charge in [0.2, 0.25) is 0 Å². The Balaban J connectivity index is -0.0000000886. The summed E-state index contributed by atoms with van der Waals surface area (Å²) in [6.45, 7) is 2.39. The van der Waals surface area contributed by atoms with E-state index in [4.69, 9.17) is 29.9 Å². The van der Waals surface area contributed by atoms with E-state index in [1.165, 1.54) is 0 Å². The summed E-state index contributed by atoms with van der Waals surface area (Å²) in [7, 11) is 0. The third-order valence-corrected chi connectivity index (χ3v) is 0.333. The van der Waals surface area contributed by atoms with E-state index in [1.54, 1.807) is 0 Å². The van der Waals surface area contributed by atoms with Crippen molar-refractivity contribution in [2.45, 2.75) is 0 Å². The summed E-state index contributed by atoms with van der Waals surface area (Å²) >= 11 is -2.17. The third-order valence-electron chi connectivity index (χ3n) is 0.333. The molecular weight excluding hydrogens is 322 g/mol. The van der Waals surface area contributed by atoms with Crippen LogP contribution in [0, 0.1) is 0 Å². The van der Waals surface area contributed by atoms with Gasteiger partial charge in [0.15, 0.2) is 0 Å². The molecule has 0 aromatic rings. The van der Waals surface area contributed by atoms with Crippen LogP contribution in [0.1, 0.15) is 0 Å². The molecule has 0 aliphatic carbocycles. The molecule has 0 radical (unpaired) electrons. The summed E-state index contributed by atoms with van der Waals surface area (Å²) < 4.78 is 17.1. The van der Waals surface area contributed by atoms with Crippen LogP contribution in [-0.2, 0) is 24.8 Å². The number of hydrogen-bond donors (Lipinski definition) is 4. The van der Waals surface area contributed by atoms with Gasteiger partial charge in [-0.15, -0.1) is 0 Å². The molecular formula is C4H16N4O2Re. The van der Waals surface area contributed by atoms with Crippen molar-refractivity contribution in [1.29, 1.82) is 0 Å². The van der Waals surface area contributed by atoms with E-state index in [-0.39, 0.29) is 0 Å². The van der Waals surface area contributed by atoms with Crippen LogP contribution in [0.2, 0.25) is 0 Å². The molecule has 11 heavy (non-hydrogen) atoms. The predicted molar refractivity (Wildman–Crippen MR) is 37.6 cm³/mol. The molecule has 6 nitrogen and oxygen atoms in total. The average Bonchev–Trinajstić information content (AvgIpc) is 2.06. The first-order valence-electron chi connectivity index (χ1n) is 2.94. The van der Waals surface area contributed by atoms with Crippen molar-refractivity contribution < 1.29 is 24.8 Å². The minimum atomic E-state index is -2.17. The van der Waals surface area contributed by atoms with Crippen LogP contribution >= 0.6 is 0 Å². The normalized spacial score (nSPS) is 6.55. The molecule has 0 saturated heterocycles. The maximum atomic E-state index is 8.53. The first-order valence-corrected chi connectivity index (χ1v) is 5.16. The van der Waals surface area contributed by atoms with E-state index in [1.807, 2.05) is 0 Å². The van der Waals surface area contributed by atoms with Gasteiger partial charge >= 0.3 is 24.8 Å². The maximum absolute atomic E-state index is 8.53. The molecule has 7 heteroatoms. The molecule has 0 saturated carbocycles. The zero-order chi connectivity index (χ0) is 9.54. The topological polar surface area (TPSA) is 138 Å². The average molecular weight is 338 g/mol. The molecule has 0 amide bonds. The Morgan fingerprint density at radius 2 is 0.818 bits per heavy atom. The van der Waals surface area contributed by atoms with Gasteiger partial charge in [0.05, 0.1) is 0 Å². The SMILES string of the molecule is NCCN.NCCN.[O]=[Re]=[O]. The standard InChI is InChI=1S/2C2H8N2.2O.Re/c2*3-1-2-4;;;/h2*1-4H2;;;. The van der Waals surface area contributed by atoms with Crippen molar-refractivity contribution in [2.75, 3.05) is 26.2 Å². The van der Waals surface area contributed by atoms with Gasteiger partial charge in [0.25, 0.3) is 0 Å². The van der Waals surface area contributed by atoms with Crippen molar-refractivity contribution in [3.05, 3.63) is 0 Å². The summed E-state index contributed by atoms with van der Waals surface area (Å²) in [5, 5.41) is 0. The second-order valence-electron chi connectivity index (χ2n) is 1.22. The van der Waals surface area contributed by atoms with Crippen molar-refractivity contribution in [1.82, 2.24) is 0 Å². The third kappa shape index (κ3) is 150. The number of nitrogens with two attached hydrogens (primary N) is 4. The summed E-state index contributed by atoms with van der Waals surface area (Å²) in [6.07, 6.45) is 0. The Bertz CT molecular complexity index is 68.5. The molecule has 0 unspecified atom stereocenters. The van der Waals surface area contributed by atoms with E-state index in [0.29, 0.717) is 26.2 Å². The first-order chi connectivity index (χ1) is 5.24. The van der Waals surface area contributed by atoms with E-state index in [9.17, 15) is 0 Å². The van der Waals surface area contributed by atoms with Crippen LogP contribution in [-0.4, -0.2) is 26.2 Å². The van der Waals surface area contributed by atoms with Crippen LogP contribution in [0.25, 0.3) is 0 Å². The van der Waals surface area contributed by atoms with Crippen molar-refractivity contribution in [3.63, 3.8) is 0 Å². The van der Waals surface area contributed by atoms with Crippen LogP contribution < -0.4 is 22.9 Å². The van der Waals surface area contributed by atoms with Crippen LogP contribution in [0.4, 0.5) is 0 Å². The molecule has 0 aromatic carbocycles.